The van der Waals surface area contributed by atoms with Crippen molar-refractivity contribution in [2.45, 2.75) is 12.6 Å². The van der Waals surface area contributed by atoms with Gasteiger partial charge in [0.15, 0.2) is 0 Å². The van der Waals surface area contributed by atoms with E-state index < -0.39 is 17.7 Å². The Morgan fingerprint density at radius 2 is 1.56 bits per heavy atom. The SMILES string of the molecule is O=C1C(=O)N(Cc2cccnc2)C(c2cccc(Oc3ccccc3)c2)/C1=C(/O)c1cccc2ccccc12. The Morgan fingerprint density at radius 3 is 2.38 bits per heavy atom. The molecule has 0 aliphatic carbocycles. The normalized spacial score (nSPS) is 16.5. The number of carbonyl (C=O) groups excluding carboxylic acids is 2. The molecule has 0 radical (unpaired) electrons. The van der Waals surface area contributed by atoms with E-state index in [4.69, 9.17) is 4.74 Å². The summed E-state index contributed by atoms with van der Waals surface area (Å²) in [5.74, 6) is -0.410. The molecule has 1 atom stereocenters. The fourth-order valence-corrected chi connectivity index (χ4v) is 5.03. The topological polar surface area (TPSA) is 79.7 Å². The van der Waals surface area contributed by atoms with Crippen LogP contribution < -0.4 is 4.74 Å². The summed E-state index contributed by atoms with van der Waals surface area (Å²) in [6.07, 6.45) is 3.32. The molecule has 1 aliphatic rings. The second kappa shape index (κ2) is 10.3. The van der Waals surface area contributed by atoms with E-state index in [-0.39, 0.29) is 17.9 Å². The van der Waals surface area contributed by atoms with Gasteiger partial charge in [-0.3, -0.25) is 14.6 Å². The number of nitrogens with zero attached hydrogens (tertiary/aromatic N) is 2. The molecule has 0 saturated carbocycles. The van der Waals surface area contributed by atoms with Gasteiger partial charge in [-0.25, -0.2) is 0 Å². The zero-order chi connectivity index (χ0) is 26.8. The summed E-state index contributed by atoms with van der Waals surface area (Å²) in [5.41, 5.74) is 1.95. The quantitative estimate of drug-likeness (QED) is 0.157. The van der Waals surface area contributed by atoms with Gasteiger partial charge in [0.25, 0.3) is 11.7 Å². The number of hydrogen-bond donors (Lipinski definition) is 1. The molecule has 1 saturated heterocycles. The highest BCUT2D eigenvalue weighted by molar-refractivity contribution is 6.46. The number of rotatable bonds is 6. The van der Waals surface area contributed by atoms with E-state index >= 15 is 0 Å². The van der Waals surface area contributed by atoms with Gasteiger partial charge >= 0.3 is 0 Å². The molecule has 1 aromatic heterocycles. The third kappa shape index (κ3) is 4.64. The molecule has 1 amide bonds. The number of likely N-dealkylation sites (tertiary alicyclic amines) is 1. The number of aliphatic hydroxyl groups excluding tert-OH is 1. The van der Waals surface area contributed by atoms with Crippen molar-refractivity contribution in [3.05, 3.63) is 144 Å². The van der Waals surface area contributed by atoms with E-state index in [9.17, 15) is 14.7 Å². The summed E-state index contributed by atoms with van der Waals surface area (Å²) >= 11 is 0. The zero-order valence-electron chi connectivity index (χ0n) is 20.9. The van der Waals surface area contributed by atoms with Crippen LogP contribution in [0.15, 0.2) is 127 Å². The van der Waals surface area contributed by atoms with Crippen LogP contribution in [0.4, 0.5) is 0 Å². The number of pyridine rings is 1. The fourth-order valence-electron chi connectivity index (χ4n) is 5.03. The van der Waals surface area contributed by atoms with Crippen LogP contribution in [0.2, 0.25) is 0 Å². The third-order valence-corrected chi connectivity index (χ3v) is 6.81. The Kier molecular flexibility index (Phi) is 6.35. The number of carbonyl (C=O) groups is 2. The predicted molar refractivity (Wildman–Crippen MR) is 149 cm³/mol. The van der Waals surface area contributed by atoms with Gasteiger partial charge in [0.1, 0.15) is 17.3 Å². The largest absolute Gasteiger partial charge is 0.507 e. The van der Waals surface area contributed by atoms with E-state index in [0.29, 0.717) is 22.6 Å². The average molecular weight is 513 g/mol. The molecule has 6 nitrogen and oxygen atoms in total. The highest BCUT2D eigenvalue weighted by Gasteiger charge is 2.46. The molecule has 1 fully saturated rings. The Balaban J connectivity index is 1.50. The molecule has 190 valence electrons. The van der Waals surface area contributed by atoms with Gasteiger partial charge in [-0.1, -0.05) is 78.9 Å². The number of ether oxygens (including phenoxy) is 1. The minimum absolute atomic E-state index is 0.0390. The highest BCUT2D eigenvalue weighted by Crippen LogP contribution is 2.42. The summed E-state index contributed by atoms with van der Waals surface area (Å²) in [6.45, 7) is 0.152. The lowest BCUT2D eigenvalue weighted by molar-refractivity contribution is -0.140. The van der Waals surface area contributed by atoms with Gasteiger partial charge in [0.2, 0.25) is 0 Å². The molecule has 39 heavy (non-hydrogen) atoms. The number of Topliss-reactive ketones (excluding diaryl/α,β-unsaturated/α-hetero) is 1. The van der Waals surface area contributed by atoms with Gasteiger partial charge in [-0.05, 0) is 52.2 Å². The number of ketones is 1. The van der Waals surface area contributed by atoms with Crippen molar-refractivity contribution in [3.63, 3.8) is 0 Å². The molecule has 6 heteroatoms. The standard InChI is InChI=1S/C33H24N2O4/c36-31(28-17-7-11-23-10-4-5-16-27(23)28)29-30(35(33(38)32(29)37)21-22-9-8-18-34-20-22)24-12-6-15-26(19-24)39-25-13-2-1-3-14-25/h1-20,30,36H,21H2/b31-29-. The minimum Gasteiger partial charge on any atom is -0.507 e. The smallest absolute Gasteiger partial charge is 0.295 e. The van der Waals surface area contributed by atoms with Crippen molar-refractivity contribution < 1.29 is 19.4 Å². The monoisotopic (exact) mass is 512 g/mol. The first-order valence-corrected chi connectivity index (χ1v) is 12.6. The number of benzene rings is 4. The van der Waals surface area contributed by atoms with Crippen molar-refractivity contribution in [2.24, 2.45) is 0 Å². The maximum Gasteiger partial charge on any atom is 0.295 e. The van der Waals surface area contributed by atoms with Crippen LogP contribution in [0.25, 0.3) is 16.5 Å². The molecular formula is C33H24N2O4. The molecule has 5 aromatic rings. The van der Waals surface area contributed by atoms with Crippen LogP contribution in [0, 0.1) is 0 Å². The first-order valence-electron chi connectivity index (χ1n) is 12.6. The first-order chi connectivity index (χ1) is 19.1. The molecule has 0 spiro atoms. The molecular weight excluding hydrogens is 488 g/mol. The Labute approximate surface area is 225 Å². The average Bonchev–Trinajstić information content (AvgIpc) is 3.22. The van der Waals surface area contributed by atoms with E-state index in [0.717, 1.165) is 16.3 Å². The minimum atomic E-state index is -0.830. The molecule has 1 N–H and O–H groups in total. The van der Waals surface area contributed by atoms with E-state index in [1.165, 1.54) is 4.90 Å². The Bertz CT molecular complexity index is 1710. The van der Waals surface area contributed by atoms with Gasteiger partial charge in [-0.2, -0.15) is 0 Å². The van der Waals surface area contributed by atoms with Gasteiger partial charge < -0.3 is 14.7 Å². The van der Waals surface area contributed by atoms with E-state index in [1.807, 2.05) is 91.0 Å². The van der Waals surface area contributed by atoms with E-state index in [1.54, 1.807) is 30.6 Å². The molecule has 4 aromatic carbocycles. The second-order valence-electron chi connectivity index (χ2n) is 9.30. The van der Waals surface area contributed by atoms with E-state index in [2.05, 4.69) is 4.98 Å². The first kappa shape index (κ1) is 24.1. The number of fused-ring (bicyclic) bond motifs is 1. The summed E-state index contributed by atoms with van der Waals surface area (Å²) in [6, 6.07) is 32.6. The molecule has 2 heterocycles. The van der Waals surface area contributed by atoms with Gasteiger partial charge in [0, 0.05) is 24.5 Å². The lowest BCUT2D eigenvalue weighted by Gasteiger charge is -2.26. The summed E-state index contributed by atoms with van der Waals surface area (Å²) in [5, 5.41) is 13.4. The molecule has 0 bridgehead atoms. The second-order valence-corrected chi connectivity index (χ2v) is 9.30. The number of hydrogen-bond acceptors (Lipinski definition) is 5. The highest BCUT2D eigenvalue weighted by atomic mass is 16.5. The molecule has 1 unspecified atom stereocenters. The van der Waals surface area contributed by atoms with Crippen LogP contribution in [0.1, 0.15) is 22.7 Å². The van der Waals surface area contributed by atoms with Crippen LogP contribution >= 0.6 is 0 Å². The van der Waals surface area contributed by atoms with Crippen LogP contribution in [0.3, 0.4) is 0 Å². The third-order valence-electron chi connectivity index (χ3n) is 6.81. The maximum atomic E-state index is 13.6. The Hall–Kier alpha value is -5.23. The summed E-state index contributed by atoms with van der Waals surface area (Å²) < 4.78 is 6.05. The van der Waals surface area contributed by atoms with Crippen molar-refractivity contribution in [1.82, 2.24) is 9.88 Å². The Morgan fingerprint density at radius 1 is 0.821 bits per heavy atom. The molecule has 1 aliphatic heterocycles. The zero-order valence-corrected chi connectivity index (χ0v) is 20.9. The van der Waals surface area contributed by atoms with Crippen molar-refractivity contribution >= 4 is 28.2 Å². The van der Waals surface area contributed by atoms with Crippen LogP contribution in [0.5, 0.6) is 11.5 Å². The maximum absolute atomic E-state index is 13.6. The van der Waals surface area contributed by atoms with Crippen molar-refractivity contribution in [3.8, 4) is 11.5 Å². The van der Waals surface area contributed by atoms with Crippen LogP contribution in [-0.4, -0.2) is 26.7 Å². The van der Waals surface area contributed by atoms with Crippen molar-refractivity contribution in [1.29, 1.82) is 0 Å². The van der Waals surface area contributed by atoms with Gasteiger partial charge in [0.05, 0.1) is 11.6 Å². The summed E-state index contributed by atoms with van der Waals surface area (Å²) in [7, 11) is 0. The number of aliphatic hydroxyl groups is 1. The van der Waals surface area contributed by atoms with Crippen LogP contribution in [-0.2, 0) is 16.1 Å². The fraction of sp³-hybridized carbons (Fsp3) is 0.0606. The van der Waals surface area contributed by atoms with Crippen molar-refractivity contribution in [2.75, 3.05) is 0 Å². The predicted octanol–water partition coefficient (Wildman–Crippen LogP) is 6.65. The molecule has 6 rings (SSSR count). The lowest BCUT2D eigenvalue weighted by atomic mass is 9.93. The number of amides is 1. The number of para-hydroxylation sites is 1. The number of aromatic nitrogens is 1. The lowest BCUT2D eigenvalue weighted by Crippen LogP contribution is -2.29. The van der Waals surface area contributed by atoms with Gasteiger partial charge in [-0.15, -0.1) is 0 Å². The summed E-state index contributed by atoms with van der Waals surface area (Å²) in [4.78, 5) is 32.7.